The summed E-state index contributed by atoms with van der Waals surface area (Å²) in [6, 6.07) is 14.8. The molecule has 2 nitrogen and oxygen atoms in total. The van der Waals surface area contributed by atoms with Crippen LogP contribution in [0.2, 0.25) is 0 Å². The lowest BCUT2D eigenvalue weighted by atomic mass is 9.68. The number of benzene rings is 2. The molecule has 2 aromatic rings. The molecule has 22 heavy (non-hydrogen) atoms. The van der Waals surface area contributed by atoms with Gasteiger partial charge < -0.3 is 9.69 Å². The van der Waals surface area contributed by atoms with Gasteiger partial charge >= 0.3 is 0 Å². The molecule has 2 heteroatoms. The van der Waals surface area contributed by atoms with Gasteiger partial charge in [-0.1, -0.05) is 62.7 Å². The predicted molar refractivity (Wildman–Crippen MR) is 94.3 cm³/mol. The van der Waals surface area contributed by atoms with E-state index in [1.165, 1.54) is 17.1 Å². The van der Waals surface area contributed by atoms with E-state index in [4.69, 9.17) is 0 Å². The third-order valence-electron chi connectivity index (χ3n) is 4.96. The van der Waals surface area contributed by atoms with Crippen LogP contribution in [0.1, 0.15) is 32.3 Å². The first-order valence-corrected chi connectivity index (χ1v) is 8.14. The highest BCUT2D eigenvalue weighted by Crippen LogP contribution is 2.37. The van der Waals surface area contributed by atoms with Crippen LogP contribution in [-0.2, 0) is 10.2 Å². The van der Waals surface area contributed by atoms with Crippen LogP contribution in [0.4, 0.5) is 0 Å². The van der Waals surface area contributed by atoms with E-state index in [1.54, 1.807) is 0 Å². The number of fused-ring (bicyclic) bond motifs is 1. The molecule has 2 atom stereocenters. The first-order valence-electron chi connectivity index (χ1n) is 8.14. The van der Waals surface area contributed by atoms with Gasteiger partial charge in [0.2, 0.25) is 0 Å². The number of aldehydes is 1. The third kappa shape index (κ3) is 3.22. The van der Waals surface area contributed by atoms with Crippen LogP contribution in [0.3, 0.4) is 0 Å². The number of rotatable bonds is 7. The molecular weight excluding hydrogens is 270 g/mol. The summed E-state index contributed by atoms with van der Waals surface area (Å²) in [6.07, 6.45) is 3.05. The van der Waals surface area contributed by atoms with E-state index in [0.29, 0.717) is 5.92 Å². The van der Waals surface area contributed by atoms with Gasteiger partial charge in [0.25, 0.3) is 0 Å². The van der Waals surface area contributed by atoms with E-state index in [2.05, 4.69) is 75.3 Å². The molecule has 0 radical (unpaired) electrons. The van der Waals surface area contributed by atoms with Gasteiger partial charge in [0.1, 0.15) is 6.29 Å². The Labute approximate surface area is 134 Å². The lowest BCUT2D eigenvalue weighted by Crippen LogP contribution is -2.38. The Morgan fingerprint density at radius 2 is 1.82 bits per heavy atom. The molecule has 0 amide bonds. The van der Waals surface area contributed by atoms with Crippen LogP contribution in [0.15, 0.2) is 42.5 Å². The van der Waals surface area contributed by atoms with Crippen LogP contribution in [0.5, 0.6) is 0 Å². The molecule has 0 saturated carbocycles. The van der Waals surface area contributed by atoms with Gasteiger partial charge in [-0.25, -0.2) is 0 Å². The van der Waals surface area contributed by atoms with Crippen molar-refractivity contribution in [1.29, 1.82) is 0 Å². The average molecular weight is 297 g/mol. The zero-order chi connectivity index (χ0) is 16.2. The van der Waals surface area contributed by atoms with Gasteiger partial charge in [0.15, 0.2) is 0 Å². The highest BCUT2D eigenvalue weighted by molar-refractivity contribution is 5.84. The molecule has 0 heterocycles. The second-order valence-corrected chi connectivity index (χ2v) is 6.58. The fourth-order valence-corrected chi connectivity index (χ4v) is 3.17. The minimum absolute atomic E-state index is 0.325. The lowest BCUT2D eigenvalue weighted by molar-refractivity contribution is -0.114. The normalized spacial score (nSPS) is 15.7. The zero-order valence-electron chi connectivity index (χ0n) is 14.2. The van der Waals surface area contributed by atoms with E-state index in [0.717, 1.165) is 24.9 Å². The van der Waals surface area contributed by atoms with Gasteiger partial charge in [-0.3, -0.25) is 0 Å². The number of carbonyl (C=O) groups is 1. The summed E-state index contributed by atoms with van der Waals surface area (Å²) >= 11 is 0. The maximum absolute atomic E-state index is 12.2. The quantitative estimate of drug-likeness (QED) is 0.711. The Bertz CT molecular complexity index is 634. The molecule has 0 aliphatic heterocycles. The molecule has 118 valence electrons. The standard InChI is InChI=1S/C20H27NO/c1-5-16(2)20(15-22,12-13-21(3)4)19-11-10-17-8-6-7-9-18(17)14-19/h6-11,14-16H,5,12-13H2,1-4H3/t16-,20+/m0/s1. The molecule has 0 saturated heterocycles. The molecule has 0 unspecified atom stereocenters. The van der Waals surface area contributed by atoms with Crippen molar-refractivity contribution in [2.45, 2.75) is 32.1 Å². The van der Waals surface area contributed by atoms with Crippen molar-refractivity contribution in [3.8, 4) is 0 Å². The summed E-state index contributed by atoms with van der Waals surface area (Å²) in [5.74, 6) is 0.325. The first-order chi connectivity index (χ1) is 10.5. The lowest BCUT2D eigenvalue weighted by Gasteiger charge is -2.35. The van der Waals surface area contributed by atoms with Crippen molar-refractivity contribution in [3.63, 3.8) is 0 Å². The van der Waals surface area contributed by atoms with Gasteiger partial charge in [-0.2, -0.15) is 0 Å². The molecule has 0 N–H and O–H groups in total. The van der Waals surface area contributed by atoms with Gasteiger partial charge in [-0.15, -0.1) is 0 Å². The number of carbonyl (C=O) groups excluding carboxylic acids is 1. The molecule has 0 bridgehead atoms. The van der Waals surface area contributed by atoms with E-state index in [-0.39, 0.29) is 0 Å². The fraction of sp³-hybridized carbons (Fsp3) is 0.450. The van der Waals surface area contributed by atoms with Crippen LogP contribution in [0, 0.1) is 5.92 Å². The molecule has 0 aliphatic rings. The highest BCUT2D eigenvalue weighted by atomic mass is 16.1. The Kier molecular flexibility index (Phi) is 5.36. The monoisotopic (exact) mass is 297 g/mol. The Balaban J connectivity index is 2.51. The molecule has 0 aliphatic carbocycles. The minimum Gasteiger partial charge on any atom is -0.309 e. The van der Waals surface area contributed by atoms with Gasteiger partial charge in [0, 0.05) is 0 Å². The first kappa shape index (κ1) is 16.7. The summed E-state index contributed by atoms with van der Waals surface area (Å²) in [5, 5.41) is 2.43. The highest BCUT2D eigenvalue weighted by Gasteiger charge is 2.36. The summed E-state index contributed by atoms with van der Waals surface area (Å²) < 4.78 is 0. The molecule has 0 spiro atoms. The van der Waals surface area contributed by atoms with Gasteiger partial charge in [0.05, 0.1) is 5.41 Å². The number of hydrogen-bond acceptors (Lipinski definition) is 2. The summed E-state index contributed by atoms with van der Waals surface area (Å²) in [4.78, 5) is 14.3. The van der Waals surface area contributed by atoms with E-state index in [9.17, 15) is 4.79 Å². The topological polar surface area (TPSA) is 20.3 Å². The smallest absolute Gasteiger partial charge is 0.130 e. The van der Waals surface area contributed by atoms with Crippen LogP contribution in [-0.4, -0.2) is 31.8 Å². The second kappa shape index (κ2) is 7.06. The van der Waals surface area contributed by atoms with Crippen LogP contribution < -0.4 is 0 Å². The largest absolute Gasteiger partial charge is 0.309 e. The summed E-state index contributed by atoms with van der Waals surface area (Å²) in [6.45, 7) is 5.27. The predicted octanol–water partition coefficient (Wildman–Crippen LogP) is 4.27. The van der Waals surface area contributed by atoms with E-state index >= 15 is 0 Å². The minimum atomic E-state index is -0.400. The number of nitrogens with zero attached hydrogens (tertiary/aromatic N) is 1. The van der Waals surface area contributed by atoms with Crippen molar-refractivity contribution < 1.29 is 4.79 Å². The van der Waals surface area contributed by atoms with Crippen molar-refractivity contribution >= 4 is 17.1 Å². The van der Waals surface area contributed by atoms with Crippen molar-refractivity contribution in [3.05, 3.63) is 48.0 Å². The fourth-order valence-electron chi connectivity index (χ4n) is 3.17. The average Bonchev–Trinajstić information content (AvgIpc) is 2.55. The van der Waals surface area contributed by atoms with E-state index in [1.807, 2.05) is 0 Å². The molecule has 0 fully saturated rings. The summed E-state index contributed by atoms with van der Waals surface area (Å²) in [5.41, 5.74) is 0.751. The maximum atomic E-state index is 12.2. The maximum Gasteiger partial charge on any atom is 0.130 e. The van der Waals surface area contributed by atoms with Crippen molar-refractivity contribution in [1.82, 2.24) is 4.90 Å². The summed E-state index contributed by atoms with van der Waals surface area (Å²) in [7, 11) is 4.12. The Hall–Kier alpha value is -1.67. The molecule has 2 rings (SSSR count). The van der Waals surface area contributed by atoms with Gasteiger partial charge in [-0.05, 0) is 49.3 Å². The third-order valence-corrected chi connectivity index (χ3v) is 4.96. The molecule has 2 aromatic carbocycles. The van der Waals surface area contributed by atoms with Crippen molar-refractivity contribution in [2.24, 2.45) is 5.92 Å². The SMILES string of the molecule is CC[C@H](C)[C@](C=O)(CCN(C)C)c1ccc2ccccc2c1. The van der Waals surface area contributed by atoms with Crippen LogP contribution in [0.25, 0.3) is 10.8 Å². The van der Waals surface area contributed by atoms with Crippen molar-refractivity contribution in [2.75, 3.05) is 20.6 Å². The Morgan fingerprint density at radius 3 is 2.41 bits per heavy atom. The molecular formula is C20H27NO. The Morgan fingerprint density at radius 1 is 1.14 bits per heavy atom. The molecule has 0 aromatic heterocycles. The van der Waals surface area contributed by atoms with E-state index < -0.39 is 5.41 Å². The number of hydrogen-bond donors (Lipinski definition) is 0. The second-order valence-electron chi connectivity index (χ2n) is 6.58. The van der Waals surface area contributed by atoms with Crippen LogP contribution >= 0.6 is 0 Å². The zero-order valence-corrected chi connectivity index (χ0v) is 14.2.